The standard InChI is InChI=1S/C17H26N2O2/c1-16(2)8-10-17(21,11-9-16)12-19-15(20)13-6-4-5-7-14(13)18-3/h4-7,18,21H,8-12H2,1-3H3,(H,19,20). The fourth-order valence-electron chi connectivity index (χ4n) is 2.81. The van der Waals surface area contributed by atoms with Crippen molar-refractivity contribution < 1.29 is 9.90 Å². The molecule has 1 aromatic rings. The van der Waals surface area contributed by atoms with Gasteiger partial charge in [0.25, 0.3) is 5.91 Å². The smallest absolute Gasteiger partial charge is 0.253 e. The summed E-state index contributed by atoms with van der Waals surface area (Å²) in [7, 11) is 1.79. The van der Waals surface area contributed by atoms with Crippen LogP contribution in [0.15, 0.2) is 24.3 Å². The average molecular weight is 290 g/mol. The fourth-order valence-corrected chi connectivity index (χ4v) is 2.81. The Labute approximate surface area is 126 Å². The van der Waals surface area contributed by atoms with Crippen LogP contribution in [0.25, 0.3) is 0 Å². The summed E-state index contributed by atoms with van der Waals surface area (Å²) < 4.78 is 0. The molecule has 1 aromatic carbocycles. The van der Waals surface area contributed by atoms with Gasteiger partial charge in [-0.1, -0.05) is 26.0 Å². The van der Waals surface area contributed by atoms with E-state index in [0.29, 0.717) is 17.5 Å². The quantitative estimate of drug-likeness (QED) is 0.799. The van der Waals surface area contributed by atoms with Crippen LogP contribution < -0.4 is 10.6 Å². The van der Waals surface area contributed by atoms with Gasteiger partial charge in [-0.2, -0.15) is 0 Å². The number of hydrogen-bond acceptors (Lipinski definition) is 3. The summed E-state index contributed by atoms with van der Waals surface area (Å²) in [6.07, 6.45) is 3.47. The molecule has 3 N–H and O–H groups in total. The SMILES string of the molecule is CNc1ccccc1C(=O)NCC1(O)CCC(C)(C)CC1. The lowest BCUT2D eigenvalue weighted by Crippen LogP contribution is -2.46. The van der Waals surface area contributed by atoms with Crippen molar-refractivity contribution in [2.45, 2.75) is 45.1 Å². The van der Waals surface area contributed by atoms with Crippen molar-refractivity contribution in [3.63, 3.8) is 0 Å². The number of carbonyl (C=O) groups excluding carboxylic acids is 1. The van der Waals surface area contributed by atoms with E-state index in [2.05, 4.69) is 24.5 Å². The number of hydrogen-bond donors (Lipinski definition) is 3. The molecule has 4 heteroatoms. The Morgan fingerprint density at radius 1 is 1.19 bits per heavy atom. The van der Waals surface area contributed by atoms with Crippen molar-refractivity contribution in [2.24, 2.45) is 5.41 Å². The second-order valence-corrected chi connectivity index (χ2v) is 6.87. The van der Waals surface area contributed by atoms with Gasteiger partial charge in [-0.15, -0.1) is 0 Å². The molecule has 0 atom stereocenters. The second kappa shape index (κ2) is 6.06. The number of amides is 1. The zero-order chi connectivity index (χ0) is 15.5. The van der Waals surface area contributed by atoms with Crippen LogP contribution in [0.4, 0.5) is 5.69 Å². The fraction of sp³-hybridized carbons (Fsp3) is 0.588. The van der Waals surface area contributed by atoms with Crippen molar-refractivity contribution in [1.82, 2.24) is 5.32 Å². The Morgan fingerprint density at radius 3 is 2.43 bits per heavy atom. The molecular weight excluding hydrogens is 264 g/mol. The molecule has 1 amide bonds. The van der Waals surface area contributed by atoms with E-state index in [-0.39, 0.29) is 5.91 Å². The van der Waals surface area contributed by atoms with E-state index in [4.69, 9.17) is 0 Å². The Hall–Kier alpha value is -1.55. The van der Waals surface area contributed by atoms with Crippen molar-refractivity contribution in [3.8, 4) is 0 Å². The molecule has 0 aromatic heterocycles. The minimum absolute atomic E-state index is 0.141. The van der Waals surface area contributed by atoms with E-state index in [1.165, 1.54) is 0 Å². The number of carbonyl (C=O) groups is 1. The number of aliphatic hydroxyl groups is 1. The van der Waals surface area contributed by atoms with E-state index >= 15 is 0 Å². The topological polar surface area (TPSA) is 61.4 Å². The largest absolute Gasteiger partial charge is 0.388 e. The summed E-state index contributed by atoms with van der Waals surface area (Å²) in [6.45, 7) is 4.78. The van der Waals surface area contributed by atoms with Gasteiger partial charge in [0, 0.05) is 19.3 Å². The van der Waals surface area contributed by atoms with Gasteiger partial charge < -0.3 is 15.7 Å². The summed E-state index contributed by atoms with van der Waals surface area (Å²) >= 11 is 0. The molecule has 2 rings (SSSR count). The molecule has 0 saturated heterocycles. The molecule has 1 saturated carbocycles. The molecule has 1 aliphatic rings. The van der Waals surface area contributed by atoms with Gasteiger partial charge in [-0.05, 0) is 43.2 Å². The molecule has 0 aliphatic heterocycles. The van der Waals surface area contributed by atoms with E-state index < -0.39 is 5.60 Å². The maximum atomic E-state index is 12.3. The van der Waals surface area contributed by atoms with Gasteiger partial charge >= 0.3 is 0 Å². The van der Waals surface area contributed by atoms with Gasteiger partial charge in [0.2, 0.25) is 0 Å². The van der Waals surface area contributed by atoms with Crippen LogP contribution in [0.2, 0.25) is 0 Å². The van der Waals surface area contributed by atoms with E-state index in [1.54, 1.807) is 13.1 Å². The first-order valence-corrected chi connectivity index (χ1v) is 7.63. The third kappa shape index (κ3) is 3.97. The predicted molar refractivity (Wildman–Crippen MR) is 85.5 cm³/mol. The Kier molecular flexibility index (Phi) is 4.57. The highest BCUT2D eigenvalue weighted by atomic mass is 16.3. The highest BCUT2D eigenvalue weighted by Crippen LogP contribution is 2.39. The minimum Gasteiger partial charge on any atom is -0.388 e. The summed E-state index contributed by atoms with van der Waals surface area (Å²) in [5, 5.41) is 16.5. The predicted octanol–water partition coefficient (Wildman–Crippen LogP) is 2.79. The lowest BCUT2D eigenvalue weighted by Gasteiger charge is -2.40. The summed E-state index contributed by atoms with van der Waals surface area (Å²) in [4.78, 5) is 12.3. The molecule has 116 valence electrons. The lowest BCUT2D eigenvalue weighted by molar-refractivity contribution is -0.0233. The number of benzene rings is 1. The van der Waals surface area contributed by atoms with Crippen LogP contribution in [0.3, 0.4) is 0 Å². The number of rotatable bonds is 4. The third-order valence-electron chi connectivity index (χ3n) is 4.55. The van der Waals surface area contributed by atoms with Crippen LogP contribution in [0.1, 0.15) is 49.9 Å². The summed E-state index contributed by atoms with van der Waals surface area (Å²) in [6, 6.07) is 7.38. The van der Waals surface area contributed by atoms with E-state index in [1.807, 2.05) is 18.2 Å². The molecule has 0 spiro atoms. The zero-order valence-corrected chi connectivity index (χ0v) is 13.2. The second-order valence-electron chi connectivity index (χ2n) is 6.87. The van der Waals surface area contributed by atoms with Gasteiger partial charge in [-0.3, -0.25) is 4.79 Å². The molecular formula is C17H26N2O2. The monoisotopic (exact) mass is 290 g/mol. The van der Waals surface area contributed by atoms with Gasteiger partial charge in [-0.25, -0.2) is 0 Å². The molecule has 1 fully saturated rings. The third-order valence-corrected chi connectivity index (χ3v) is 4.55. The first kappa shape index (κ1) is 15.8. The number of anilines is 1. The Morgan fingerprint density at radius 2 is 1.81 bits per heavy atom. The first-order valence-electron chi connectivity index (χ1n) is 7.63. The first-order chi connectivity index (χ1) is 9.85. The molecule has 0 radical (unpaired) electrons. The molecule has 21 heavy (non-hydrogen) atoms. The minimum atomic E-state index is -0.764. The zero-order valence-electron chi connectivity index (χ0n) is 13.2. The Bertz CT molecular complexity index is 501. The number of para-hydroxylation sites is 1. The van der Waals surface area contributed by atoms with Crippen molar-refractivity contribution in [2.75, 3.05) is 18.9 Å². The average Bonchev–Trinajstić information content (AvgIpc) is 2.48. The molecule has 0 heterocycles. The molecule has 0 unspecified atom stereocenters. The summed E-state index contributed by atoms with van der Waals surface area (Å²) in [5.74, 6) is -0.141. The van der Waals surface area contributed by atoms with Crippen LogP contribution in [-0.2, 0) is 0 Å². The van der Waals surface area contributed by atoms with E-state index in [0.717, 1.165) is 31.4 Å². The van der Waals surface area contributed by atoms with Crippen LogP contribution >= 0.6 is 0 Å². The van der Waals surface area contributed by atoms with Gasteiger partial charge in [0.05, 0.1) is 11.2 Å². The van der Waals surface area contributed by atoms with E-state index in [9.17, 15) is 9.90 Å². The Balaban J connectivity index is 1.95. The maximum absolute atomic E-state index is 12.3. The van der Waals surface area contributed by atoms with Crippen molar-refractivity contribution >= 4 is 11.6 Å². The highest BCUT2D eigenvalue weighted by molar-refractivity contribution is 5.99. The lowest BCUT2D eigenvalue weighted by atomic mass is 9.71. The van der Waals surface area contributed by atoms with Crippen molar-refractivity contribution in [1.29, 1.82) is 0 Å². The molecule has 0 bridgehead atoms. The normalized spacial score (nSPS) is 19.8. The van der Waals surface area contributed by atoms with Crippen LogP contribution in [0, 0.1) is 5.41 Å². The van der Waals surface area contributed by atoms with Crippen molar-refractivity contribution in [3.05, 3.63) is 29.8 Å². The van der Waals surface area contributed by atoms with Crippen LogP contribution in [-0.4, -0.2) is 30.2 Å². The maximum Gasteiger partial charge on any atom is 0.253 e. The highest BCUT2D eigenvalue weighted by Gasteiger charge is 2.36. The van der Waals surface area contributed by atoms with Gasteiger partial charge in [0.1, 0.15) is 0 Å². The van der Waals surface area contributed by atoms with Gasteiger partial charge in [0.15, 0.2) is 0 Å². The number of nitrogens with one attached hydrogen (secondary N) is 2. The van der Waals surface area contributed by atoms with Crippen LogP contribution in [0.5, 0.6) is 0 Å². The molecule has 4 nitrogen and oxygen atoms in total. The molecule has 1 aliphatic carbocycles. The summed E-state index contributed by atoms with van der Waals surface area (Å²) in [5.41, 5.74) is 0.945.